The summed E-state index contributed by atoms with van der Waals surface area (Å²) in [5.74, 6) is -1.59. The maximum Gasteiger partial charge on any atom is 0.451 e. The molecule has 0 amide bonds. The number of alkyl halides is 3. The second-order valence-electron chi connectivity index (χ2n) is 4.18. The lowest BCUT2D eigenvalue weighted by Gasteiger charge is -2.09. The summed E-state index contributed by atoms with van der Waals surface area (Å²) in [6, 6.07) is 1.13. The van der Waals surface area contributed by atoms with Crippen molar-refractivity contribution in [2.75, 3.05) is 5.73 Å². The average molecular weight is 287 g/mol. The number of aryl methyl sites for hydroxylation is 2. The molecule has 0 saturated heterocycles. The van der Waals surface area contributed by atoms with E-state index in [1.165, 1.54) is 0 Å². The summed E-state index contributed by atoms with van der Waals surface area (Å²) in [7, 11) is 1.70. The average Bonchev–Trinajstić information content (AvgIpc) is 2.54. The van der Waals surface area contributed by atoms with Gasteiger partial charge < -0.3 is 10.5 Å². The smallest absolute Gasteiger partial charge is 0.435 e. The van der Waals surface area contributed by atoms with Crippen molar-refractivity contribution in [3.8, 4) is 11.6 Å². The fraction of sp³-hybridized carbons (Fsp3) is 0.364. The van der Waals surface area contributed by atoms with Gasteiger partial charge in [0.2, 0.25) is 11.7 Å². The third kappa shape index (κ3) is 2.65. The Kier molecular flexibility index (Phi) is 3.28. The van der Waals surface area contributed by atoms with Gasteiger partial charge in [0.1, 0.15) is 11.5 Å². The minimum atomic E-state index is -4.69. The molecule has 0 aliphatic rings. The maximum atomic E-state index is 12.6. The normalized spacial score (nSPS) is 11.7. The summed E-state index contributed by atoms with van der Waals surface area (Å²) in [5, 5.41) is 4.10. The molecule has 0 aromatic carbocycles. The lowest BCUT2D eigenvalue weighted by molar-refractivity contribution is -0.145. The SMILES string of the molecule is Cc1nn(C)c(C)c1Oc1cc(N)nc(C(F)(F)F)n1. The first-order chi connectivity index (χ1) is 9.18. The number of nitrogen functional groups attached to an aromatic ring is 1. The van der Waals surface area contributed by atoms with E-state index in [1.807, 2.05) is 0 Å². The molecule has 9 heteroatoms. The summed E-state index contributed by atoms with van der Waals surface area (Å²) in [5.41, 5.74) is 6.54. The predicted octanol–water partition coefficient (Wildman–Crippen LogP) is 2.22. The van der Waals surface area contributed by atoms with Gasteiger partial charge in [0.15, 0.2) is 5.75 Å². The van der Waals surface area contributed by atoms with Crippen LogP contribution < -0.4 is 10.5 Å². The summed E-state index contributed by atoms with van der Waals surface area (Å²) >= 11 is 0. The quantitative estimate of drug-likeness (QED) is 0.916. The van der Waals surface area contributed by atoms with Gasteiger partial charge in [-0.3, -0.25) is 4.68 Å². The van der Waals surface area contributed by atoms with Crippen LogP contribution in [0.3, 0.4) is 0 Å². The Balaban J connectivity index is 2.41. The summed E-state index contributed by atoms with van der Waals surface area (Å²) in [6.07, 6.45) is -4.69. The number of nitrogens with zero attached hydrogens (tertiary/aromatic N) is 4. The van der Waals surface area contributed by atoms with Gasteiger partial charge in [0.25, 0.3) is 0 Å². The molecule has 0 saturated carbocycles. The van der Waals surface area contributed by atoms with E-state index < -0.39 is 12.0 Å². The molecule has 0 atom stereocenters. The molecule has 6 nitrogen and oxygen atoms in total. The molecule has 0 aliphatic heterocycles. The molecule has 0 spiro atoms. The highest BCUT2D eigenvalue weighted by Crippen LogP contribution is 2.31. The molecule has 0 aliphatic carbocycles. The van der Waals surface area contributed by atoms with Crippen LogP contribution in [0.15, 0.2) is 6.07 Å². The first kappa shape index (κ1) is 14.1. The zero-order valence-corrected chi connectivity index (χ0v) is 11.0. The highest BCUT2D eigenvalue weighted by atomic mass is 19.4. The number of anilines is 1. The van der Waals surface area contributed by atoms with Crippen molar-refractivity contribution in [2.24, 2.45) is 7.05 Å². The molecule has 0 fully saturated rings. The predicted molar refractivity (Wildman–Crippen MR) is 64.2 cm³/mol. The number of nitrogens with two attached hydrogens (primary N) is 1. The van der Waals surface area contributed by atoms with Gasteiger partial charge in [-0.1, -0.05) is 0 Å². The molecule has 2 aromatic heterocycles. The molecule has 2 aromatic rings. The molecular formula is C11H12F3N5O. The monoisotopic (exact) mass is 287 g/mol. The Morgan fingerprint density at radius 1 is 1.25 bits per heavy atom. The maximum absolute atomic E-state index is 12.6. The van der Waals surface area contributed by atoms with E-state index in [9.17, 15) is 13.2 Å². The van der Waals surface area contributed by atoms with Crippen LogP contribution >= 0.6 is 0 Å². The Hall–Kier alpha value is -2.32. The van der Waals surface area contributed by atoms with Crippen LogP contribution in [0, 0.1) is 13.8 Å². The first-order valence-electron chi connectivity index (χ1n) is 5.58. The van der Waals surface area contributed by atoms with Crippen molar-refractivity contribution in [1.29, 1.82) is 0 Å². The molecule has 2 N–H and O–H groups in total. The largest absolute Gasteiger partial charge is 0.451 e. The summed E-state index contributed by atoms with van der Waals surface area (Å²) in [4.78, 5) is 6.45. The van der Waals surface area contributed by atoms with Crippen LogP contribution in [-0.2, 0) is 13.2 Å². The van der Waals surface area contributed by atoms with Crippen molar-refractivity contribution in [3.63, 3.8) is 0 Å². The standard InChI is InChI=1S/C11H12F3N5O/c1-5-9(6(2)19(3)18-5)20-8-4-7(15)16-10(17-8)11(12,13)14/h4H,1-3H3,(H2,15,16,17). The van der Waals surface area contributed by atoms with Gasteiger partial charge in [-0.2, -0.15) is 23.3 Å². The number of hydrogen-bond donors (Lipinski definition) is 1. The summed E-state index contributed by atoms with van der Waals surface area (Å²) < 4.78 is 44.7. The van der Waals surface area contributed by atoms with Gasteiger partial charge in [-0.05, 0) is 13.8 Å². The van der Waals surface area contributed by atoms with Gasteiger partial charge in [-0.15, -0.1) is 0 Å². The topological polar surface area (TPSA) is 78.9 Å². The van der Waals surface area contributed by atoms with E-state index in [2.05, 4.69) is 15.1 Å². The molecule has 0 unspecified atom stereocenters. The van der Waals surface area contributed by atoms with Gasteiger partial charge >= 0.3 is 6.18 Å². The Bertz CT molecular complexity index is 650. The number of ether oxygens (including phenoxy) is 1. The third-order valence-corrected chi connectivity index (χ3v) is 2.63. The van der Waals surface area contributed by atoms with Gasteiger partial charge in [0, 0.05) is 13.1 Å². The van der Waals surface area contributed by atoms with Crippen LogP contribution in [0.1, 0.15) is 17.2 Å². The number of aromatic nitrogens is 4. The Morgan fingerprint density at radius 3 is 2.40 bits per heavy atom. The van der Waals surface area contributed by atoms with Gasteiger partial charge in [-0.25, -0.2) is 4.98 Å². The van der Waals surface area contributed by atoms with E-state index in [1.54, 1.807) is 25.6 Å². The van der Waals surface area contributed by atoms with Crippen LogP contribution in [-0.4, -0.2) is 19.7 Å². The second-order valence-corrected chi connectivity index (χ2v) is 4.18. The molecule has 0 radical (unpaired) electrons. The summed E-state index contributed by atoms with van der Waals surface area (Å²) in [6.45, 7) is 3.40. The molecule has 2 rings (SSSR count). The van der Waals surface area contributed by atoms with Crippen molar-refractivity contribution in [1.82, 2.24) is 19.7 Å². The van der Waals surface area contributed by atoms with Crippen LogP contribution in [0.4, 0.5) is 19.0 Å². The number of halogens is 3. The van der Waals surface area contributed by atoms with Gasteiger partial charge in [0.05, 0.1) is 5.69 Å². The fourth-order valence-corrected chi connectivity index (χ4v) is 1.63. The van der Waals surface area contributed by atoms with Crippen LogP contribution in [0.2, 0.25) is 0 Å². The van der Waals surface area contributed by atoms with E-state index in [0.29, 0.717) is 17.1 Å². The van der Waals surface area contributed by atoms with E-state index >= 15 is 0 Å². The van der Waals surface area contributed by atoms with Crippen molar-refractivity contribution < 1.29 is 17.9 Å². The minimum absolute atomic E-state index is 0.274. The zero-order chi connectivity index (χ0) is 15.1. The van der Waals surface area contributed by atoms with Crippen LogP contribution in [0.25, 0.3) is 0 Å². The first-order valence-corrected chi connectivity index (χ1v) is 5.58. The van der Waals surface area contributed by atoms with E-state index in [-0.39, 0.29) is 11.7 Å². The third-order valence-electron chi connectivity index (χ3n) is 2.63. The molecule has 108 valence electrons. The van der Waals surface area contributed by atoms with E-state index in [0.717, 1.165) is 6.07 Å². The second kappa shape index (κ2) is 4.66. The fourth-order valence-electron chi connectivity index (χ4n) is 1.63. The van der Waals surface area contributed by atoms with Crippen LogP contribution in [0.5, 0.6) is 11.6 Å². The molecule has 20 heavy (non-hydrogen) atoms. The molecular weight excluding hydrogens is 275 g/mol. The lowest BCUT2D eigenvalue weighted by Crippen LogP contribution is -2.13. The van der Waals surface area contributed by atoms with Crippen molar-refractivity contribution in [2.45, 2.75) is 20.0 Å². The minimum Gasteiger partial charge on any atom is -0.435 e. The Labute approximate surface area is 112 Å². The number of hydrogen-bond acceptors (Lipinski definition) is 5. The molecule has 0 bridgehead atoms. The van der Waals surface area contributed by atoms with E-state index in [4.69, 9.17) is 10.5 Å². The highest BCUT2D eigenvalue weighted by Gasteiger charge is 2.35. The Morgan fingerprint density at radius 2 is 1.90 bits per heavy atom. The highest BCUT2D eigenvalue weighted by molar-refractivity contribution is 5.39. The molecule has 2 heterocycles. The number of rotatable bonds is 2. The van der Waals surface area contributed by atoms with Crippen molar-refractivity contribution >= 4 is 5.82 Å². The lowest BCUT2D eigenvalue weighted by atomic mass is 10.3. The van der Waals surface area contributed by atoms with Crippen molar-refractivity contribution in [3.05, 3.63) is 23.3 Å². The zero-order valence-electron chi connectivity index (χ0n) is 11.0.